The Balaban J connectivity index is 1.51. The van der Waals surface area contributed by atoms with E-state index < -0.39 is 10.0 Å². The van der Waals surface area contributed by atoms with E-state index in [1.807, 2.05) is 30.3 Å². The van der Waals surface area contributed by atoms with Crippen molar-refractivity contribution < 1.29 is 13.2 Å². The number of ether oxygens (including phenoxy) is 1. The van der Waals surface area contributed by atoms with E-state index in [2.05, 4.69) is 10.0 Å². The van der Waals surface area contributed by atoms with Crippen LogP contribution in [0.5, 0.6) is 5.75 Å². The maximum Gasteiger partial charge on any atom is 0.211 e. The molecule has 2 N–H and O–H groups in total. The van der Waals surface area contributed by atoms with Crippen LogP contribution in [0.4, 0.5) is 0 Å². The molecular weight excluding hydrogens is 288 g/mol. The molecule has 21 heavy (non-hydrogen) atoms. The van der Waals surface area contributed by atoms with Crippen molar-refractivity contribution in [3.8, 4) is 5.75 Å². The van der Waals surface area contributed by atoms with Crippen molar-refractivity contribution >= 4 is 10.0 Å². The van der Waals surface area contributed by atoms with E-state index >= 15 is 0 Å². The molecule has 0 spiro atoms. The Hall–Kier alpha value is -1.11. The van der Waals surface area contributed by atoms with E-state index in [1.54, 1.807) is 0 Å². The van der Waals surface area contributed by atoms with Gasteiger partial charge in [-0.3, -0.25) is 0 Å². The Morgan fingerprint density at radius 2 is 1.86 bits per heavy atom. The summed E-state index contributed by atoms with van der Waals surface area (Å²) in [6, 6.07) is 10.1. The summed E-state index contributed by atoms with van der Waals surface area (Å²) in [7, 11) is -3.18. The highest BCUT2D eigenvalue weighted by molar-refractivity contribution is 7.89. The molecule has 1 aromatic rings. The van der Waals surface area contributed by atoms with E-state index in [-0.39, 0.29) is 5.75 Å². The monoisotopic (exact) mass is 312 g/mol. The minimum atomic E-state index is -3.18. The van der Waals surface area contributed by atoms with E-state index in [0.717, 1.165) is 18.7 Å². The number of para-hydroxylation sites is 1. The van der Waals surface area contributed by atoms with Crippen LogP contribution in [0.3, 0.4) is 0 Å². The van der Waals surface area contributed by atoms with Crippen LogP contribution in [-0.2, 0) is 10.0 Å². The van der Waals surface area contributed by atoms with Crippen molar-refractivity contribution in [2.75, 3.05) is 25.4 Å². The molecule has 118 valence electrons. The van der Waals surface area contributed by atoms with Crippen LogP contribution >= 0.6 is 0 Å². The van der Waals surface area contributed by atoms with Crippen LogP contribution in [0.2, 0.25) is 0 Å². The first-order valence-corrected chi connectivity index (χ1v) is 9.19. The van der Waals surface area contributed by atoms with Gasteiger partial charge in [0.1, 0.15) is 12.4 Å². The second kappa shape index (κ2) is 8.36. The molecule has 2 rings (SSSR count). The highest BCUT2D eigenvalue weighted by Crippen LogP contribution is 2.18. The molecule has 0 amide bonds. The Labute approximate surface area is 127 Å². The molecule has 0 atom stereocenters. The largest absolute Gasteiger partial charge is 0.492 e. The van der Waals surface area contributed by atoms with Gasteiger partial charge in [0.05, 0.1) is 5.75 Å². The molecule has 6 heteroatoms. The lowest BCUT2D eigenvalue weighted by atomic mass is 10.3. The Bertz CT molecular complexity index is 501. The number of benzene rings is 1. The maximum atomic E-state index is 11.8. The molecule has 5 nitrogen and oxygen atoms in total. The molecule has 0 radical (unpaired) electrons. The number of rotatable bonds is 11. The number of nitrogens with one attached hydrogen (secondary N) is 2. The van der Waals surface area contributed by atoms with Crippen LogP contribution in [0.15, 0.2) is 30.3 Å². The van der Waals surface area contributed by atoms with Gasteiger partial charge in [-0.25, -0.2) is 13.1 Å². The minimum Gasteiger partial charge on any atom is -0.492 e. The van der Waals surface area contributed by atoms with E-state index in [0.29, 0.717) is 25.6 Å². The summed E-state index contributed by atoms with van der Waals surface area (Å²) in [5, 5.41) is 3.38. The lowest BCUT2D eigenvalue weighted by molar-refractivity contribution is 0.323. The quantitative estimate of drug-likeness (QED) is 0.608. The second-order valence-corrected chi connectivity index (χ2v) is 7.24. The molecule has 0 aliphatic heterocycles. The highest BCUT2D eigenvalue weighted by atomic mass is 32.2. The van der Waals surface area contributed by atoms with Gasteiger partial charge >= 0.3 is 0 Å². The van der Waals surface area contributed by atoms with Crippen molar-refractivity contribution in [3.05, 3.63) is 30.3 Å². The molecular formula is C15H24N2O3S. The van der Waals surface area contributed by atoms with Gasteiger partial charge in [-0.1, -0.05) is 18.2 Å². The molecule has 0 bridgehead atoms. The van der Waals surface area contributed by atoms with Gasteiger partial charge in [0.2, 0.25) is 10.0 Å². The normalized spacial score (nSPS) is 15.0. The van der Waals surface area contributed by atoms with Crippen molar-refractivity contribution in [1.29, 1.82) is 0 Å². The van der Waals surface area contributed by atoms with Gasteiger partial charge in [0.25, 0.3) is 0 Å². The lowest BCUT2D eigenvalue weighted by Gasteiger charge is -2.08. The van der Waals surface area contributed by atoms with Crippen LogP contribution in [0.25, 0.3) is 0 Å². The summed E-state index contributed by atoms with van der Waals surface area (Å²) in [6.45, 7) is 1.56. The Morgan fingerprint density at radius 1 is 1.10 bits per heavy atom. The number of hydrogen-bond acceptors (Lipinski definition) is 4. The molecule has 1 aliphatic carbocycles. The van der Waals surface area contributed by atoms with Gasteiger partial charge in [-0.15, -0.1) is 0 Å². The fraction of sp³-hybridized carbons (Fsp3) is 0.600. The lowest BCUT2D eigenvalue weighted by Crippen LogP contribution is -2.30. The summed E-state index contributed by atoms with van der Waals surface area (Å²) in [5.41, 5.74) is 0. The Kier molecular flexibility index (Phi) is 6.48. The summed E-state index contributed by atoms with van der Waals surface area (Å²) >= 11 is 0. The van der Waals surface area contributed by atoms with Crippen molar-refractivity contribution in [2.24, 2.45) is 0 Å². The first kappa shape index (κ1) is 16.3. The predicted molar refractivity (Wildman–Crippen MR) is 84.0 cm³/mol. The number of sulfonamides is 1. The third-order valence-electron chi connectivity index (χ3n) is 3.29. The zero-order valence-electron chi connectivity index (χ0n) is 12.3. The first-order valence-electron chi connectivity index (χ1n) is 7.54. The van der Waals surface area contributed by atoms with Gasteiger partial charge in [0.15, 0.2) is 0 Å². The molecule has 0 heterocycles. The van der Waals surface area contributed by atoms with Crippen LogP contribution in [0.1, 0.15) is 25.7 Å². The number of hydrogen-bond donors (Lipinski definition) is 2. The zero-order chi connectivity index (χ0) is 15.0. The highest BCUT2D eigenvalue weighted by Gasteiger charge is 2.19. The van der Waals surface area contributed by atoms with E-state index in [1.165, 1.54) is 12.8 Å². The van der Waals surface area contributed by atoms with E-state index in [9.17, 15) is 8.42 Å². The minimum absolute atomic E-state index is 0.185. The SMILES string of the molecule is O=S(=O)(CCCCNC1CC1)NCCOc1ccccc1. The molecule has 0 aromatic heterocycles. The van der Waals surface area contributed by atoms with E-state index in [4.69, 9.17) is 4.74 Å². The zero-order valence-corrected chi connectivity index (χ0v) is 13.1. The van der Waals surface area contributed by atoms with Crippen molar-refractivity contribution in [1.82, 2.24) is 10.0 Å². The fourth-order valence-corrected chi connectivity index (χ4v) is 3.09. The van der Waals surface area contributed by atoms with Crippen LogP contribution in [0, 0.1) is 0 Å². The first-order chi connectivity index (χ1) is 10.2. The summed E-state index contributed by atoms with van der Waals surface area (Å²) < 4.78 is 31.5. The molecule has 1 fully saturated rings. The Morgan fingerprint density at radius 3 is 2.57 bits per heavy atom. The average Bonchev–Trinajstić information content (AvgIpc) is 3.29. The van der Waals surface area contributed by atoms with Crippen molar-refractivity contribution in [3.63, 3.8) is 0 Å². The third kappa shape index (κ3) is 7.45. The van der Waals surface area contributed by atoms with Gasteiger partial charge in [-0.05, 0) is 44.4 Å². The summed E-state index contributed by atoms with van der Waals surface area (Å²) in [5.74, 6) is 0.938. The van der Waals surface area contributed by atoms with Crippen LogP contribution in [-0.4, -0.2) is 39.9 Å². The van der Waals surface area contributed by atoms with Gasteiger partial charge < -0.3 is 10.1 Å². The smallest absolute Gasteiger partial charge is 0.211 e. The standard InChI is InChI=1S/C15H24N2O3S/c18-21(19,13-5-4-10-16-14-8-9-14)17-11-12-20-15-6-2-1-3-7-15/h1-3,6-7,14,16-17H,4-5,8-13H2. The topological polar surface area (TPSA) is 67.4 Å². The molecule has 1 saturated carbocycles. The molecule has 0 saturated heterocycles. The van der Waals surface area contributed by atoms with Gasteiger partial charge in [0, 0.05) is 12.6 Å². The molecule has 1 aliphatic rings. The third-order valence-corrected chi connectivity index (χ3v) is 4.76. The van der Waals surface area contributed by atoms with Gasteiger partial charge in [-0.2, -0.15) is 0 Å². The summed E-state index contributed by atoms with van der Waals surface area (Å²) in [4.78, 5) is 0. The predicted octanol–water partition coefficient (Wildman–Crippen LogP) is 1.52. The number of unbranched alkanes of at least 4 members (excludes halogenated alkanes) is 1. The molecule has 1 aromatic carbocycles. The maximum absolute atomic E-state index is 11.8. The summed E-state index contributed by atoms with van der Waals surface area (Å²) in [6.07, 6.45) is 4.12. The average molecular weight is 312 g/mol. The van der Waals surface area contributed by atoms with Crippen molar-refractivity contribution in [2.45, 2.75) is 31.7 Å². The fourth-order valence-electron chi connectivity index (χ4n) is 1.97. The second-order valence-electron chi connectivity index (χ2n) is 5.31. The van der Waals surface area contributed by atoms with Crippen LogP contribution < -0.4 is 14.8 Å². The molecule has 0 unspecified atom stereocenters.